The molecule has 3 rings (SSSR count). The van der Waals surface area contributed by atoms with Crippen LogP contribution in [0.5, 0.6) is 0 Å². The predicted octanol–water partition coefficient (Wildman–Crippen LogP) is 2.87. The molecule has 1 unspecified atom stereocenters. The second-order valence-electron chi connectivity index (χ2n) is 6.12. The van der Waals surface area contributed by atoms with Gasteiger partial charge in [0, 0.05) is 18.3 Å². The van der Waals surface area contributed by atoms with Gasteiger partial charge in [-0.2, -0.15) is 0 Å². The van der Waals surface area contributed by atoms with Crippen molar-refractivity contribution >= 4 is 33.0 Å². The molecule has 132 valence electrons. The Morgan fingerprint density at radius 3 is 2.68 bits per heavy atom. The second kappa shape index (κ2) is 7.56. The van der Waals surface area contributed by atoms with Gasteiger partial charge in [0.05, 0.1) is 22.1 Å². The number of hydrogen-bond donors (Lipinski definition) is 2. The van der Waals surface area contributed by atoms with Crippen molar-refractivity contribution < 1.29 is 13.2 Å². The van der Waals surface area contributed by atoms with Gasteiger partial charge in [-0.25, -0.2) is 8.42 Å². The van der Waals surface area contributed by atoms with Crippen LogP contribution in [-0.2, 0) is 16.4 Å². The molecule has 0 aliphatic carbocycles. The first-order valence-electron chi connectivity index (χ1n) is 8.01. The summed E-state index contributed by atoms with van der Waals surface area (Å²) >= 11 is 6.04. The maximum absolute atomic E-state index is 12.3. The van der Waals surface area contributed by atoms with Crippen molar-refractivity contribution in [2.45, 2.75) is 19.0 Å². The third kappa shape index (κ3) is 4.81. The Morgan fingerprint density at radius 2 is 1.96 bits per heavy atom. The fourth-order valence-corrected chi connectivity index (χ4v) is 4.75. The lowest BCUT2D eigenvalue weighted by atomic mass is 10.1. The molecule has 2 aromatic rings. The summed E-state index contributed by atoms with van der Waals surface area (Å²) in [7, 11) is -2.89. The molecule has 0 radical (unpaired) electrons. The van der Waals surface area contributed by atoms with Crippen LogP contribution < -0.4 is 10.6 Å². The van der Waals surface area contributed by atoms with E-state index in [0.717, 1.165) is 5.56 Å². The highest BCUT2D eigenvalue weighted by atomic mass is 35.5. The van der Waals surface area contributed by atoms with Gasteiger partial charge in [0.25, 0.3) is 5.91 Å². The lowest BCUT2D eigenvalue weighted by molar-refractivity contribution is 0.102. The second-order valence-corrected chi connectivity index (χ2v) is 8.75. The largest absolute Gasteiger partial charge is 0.322 e. The predicted molar refractivity (Wildman–Crippen MR) is 99.7 cm³/mol. The maximum Gasteiger partial charge on any atom is 0.257 e. The van der Waals surface area contributed by atoms with E-state index in [9.17, 15) is 13.2 Å². The van der Waals surface area contributed by atoms with Crippen molar-refractivity contribution in [3.05, 3.63) is 64.7 Å². The number of rotatable bonds is 5. The Hall–Kier alpha value is -1.89. The Kier molecular flexibility index (Phi) is 5.42. The number of anilines is 1. The normalized spacial score (nSPS) is 18.8. The molecule has 0 spiro atoms. The van der Waals surface area contributed by atoms with Gasteiger partial charge in [-0.1, -0.05) is 35.9 Å². The summed E-state index contributed by atoms with van der Waals surface area (Å²) in [5.41, 5.74) is 2.06. The molecular formula is C18H19ClN2O3S. The van der Waals surface area contributed by atoms with Gasteiger partial charge in [-0.15, -0.1) is 0 Å². The summed E-state index contributed by atoms with van der Waals surface area (Å²) in [6, 6.07) is 14.3. The molecule has 1 atom stereocenters. The molecule has 5 nitrogen and oxygen atoms in total. The Bertz CT molecular complexity index is 883. The number of hydrogen-bond acceptors (Lipinski definition) is 4. The molecule has 25 heavy (non-hydrogen) atoms. The van der Waals surface area contributed by atoms with E-state index in [1.165, 1.54) is 0 Å². The van der Waals surface area contributed by atoms with Crippen LogP contribution in [0.15, 0.2) is 48.5 Å². The molecular weight excluding hydrogens is 360 g/mol. The van der Waals surface area contributed by atoms with Gasteiger partial charge in [-0.3, -0.25) is 4.79 Å². The highest BCUT2D eigenvalue weighted by Gasteiger charge is 2.27. The summed E-state index contributed by atoms with van der Waals surface area (Å²) < 4.78 is 23.0. The molecule has 1 aliphatic rings. The van der Waals surface area contributed by atoms with Crippen molar-refractivity contribution in [3.8, 4) is 0 Å². The minimum absolute atomic E-state index is 0.00799. The molecule has 2 N–H and O–H groups in total. The van der Waals surface area contributed by atoms with E-state index >= 15 is 0 Å². The zero-order valence-corrected chi connectivity index (χ0v) is 15.1. The average Bonchev–Trinajstić information content (AvgIpc) is 2.93. The smallest absolute Gasteiger partial charge is 0.257 e. The molecule has 1 saturated heterocycles. The highest BCUT2D eigenvalue weighted by Crippen LogP contribution is 2.18. The molecule has 1 heterocycles. The van der Waals surface area contributed by atoms with Gasteiger partial charge < -0.3 is 10.6 Å². The standard InChI is InChI=1S/C18H19ClN2O3S/c19-17-7-2-1-6-16(17)18(22)21-14-5-3-4-13(10-14)11-20-15-8-9-25(23,24)12-15/h1-7,10,15,20H,8-9,11-12H2,(H,21,22). The van der Waals surface area contributed by atoms with E-state index in [0.29, 0.717) is 29.2 Å². The topological polar surface area (TPSA) is 75.3 Å². The van der Waals surface area contributed by atoms with Crippen LogP contribution in [0.4, 0.5) is 5.69 Å². The molecule has 1 amide bonds. The highest BCUT2D eigenvalue weighted by molar-refractivity contribution is 7.91. The minimum Gasteiger partial charge on any atom is -0.322 e. The van der Waals surface area contributed by atoms with E-state index in [2.05, 4.69) is 10.6 Å². The summed E-state index contributed by atoms with van der Waals surface area (Å²) in [5.74, 6) is 0.173. The van der Waals surface area contributed by atoms with E-state index in [4.69, 9.17) is 11.6 Å². The van der Waals surface area contributed by atoms with Gasteiger partial charge in [0.15, 0.2) is 9.84 Å². The first-order valence-corrected chi connectivity index (χ1v) is 10.2. The van der Waals surface area contributed by atoms with E-state index in [1.807, 2.05) is 18.2 Å². The van der Waals surface area contributed by atoms with Gasteiger partial charge in [0.1, 0.15) is 0 Å². The van der Waals surface area contributed by atoms with Crippen LogP contribution in [0.3, 0.4) is 0 Å². The van der Waals surface area contributed by atoms with Crippen LogP contribution in [0, 0.1) is 0 Å². The summed E-state index contributed by atoms with van der Waals surface area (Å²) in [6.07, 6.45) is 0.644. The third-order valence-electron chi connectivity index (χ3n) is 4.13. The summed E-state index contributed by atoms with van der Waals surface area (Å²) in [6.45, 7) is 0.552. The van der Waals surface area contributed by atoms with Crippen LogP contribution in [-0.4, -0.2) is 31.9 Å². The molecule has 1 aliphatic heterocycles. The number of carbonyl (C=O) groups excluding carboxylic acids is 1. The van der Waals surface area contributed by atoms with Gasteiger partial charge >= 0.3 is 0 Å². The van der Waals surface area contributed by atoms with Crippen LogP contribution in [0.1, 0.15) is 22.3 Å². The Balaban J connectivity index is 1.62. The number of carbonyl (C=O) groups is 1. The van der Waals surface area contributed by atoms with Crippen molar-refractivity contribution in [1.82, 2.24) is 5.32 Å². The Morgan fingerprint density at radius 1 is 1.16 bits per heavy atom. The average molecular weight is 379 g/mol. The minimum atomic E-state index is -2.89. The first kappa shape index (κ1) is 17.9. The molecule has 0 bridgehead atoms. The van der Waals surface area contributed by atoms with Gasteiger partial charge in [0.2, 0.25) is 0 Å². The number of halogens is 1. The zero-order chi connectivity index (χ0) is 17.9. The monoisotopic (exact) mass is 378 g/mol. The number of amides is 1. The van der Waals surface area contributed by atoms with E-state index < -0.39 is 9.84 Å². The summed E-state index contributed by atoms with van der Waals surface area (Å²) in [5, 5.41) is 6.50. The lowest BCUT2D eigenvalue weighted by Crippen LogP contribution is -2.29. The number of sulfone groups is 1. The van der Waals surface area contributed by atoms with Gasteiger partial charge in [-0.05, 0) is 36.2 Å². The van der Waals surface area contributed by atoms with Crippen molar-refractivity contribution in [1.29, 1.82) is 0 Å². The third-order valence-corrected chi connectivity index (χ3v) is 6.23. The quantitative estimate of drug-likeness (QED) is 0.838. The number of benzene rings is 2. The lowest BCUT2D eigenvalue weighted by Gasteiger charge is -2.12. The van der Waals surface area contributed by atoms with Crippen LogP contribution in [0.25, 0.3) is 0 Å². The van der Waals surface area contributed by atoms with Crippen molar-refractivity contribution in [2.24, 2.45) is 0 Å². The number of nitrogens with one attached hydrogen (secondary N) is 2. The Labute approximate surface area is 152 Å². The van der Waals surface area contributed by atoms with Crippen LogP contribution >= 0.6 is 11.6 Å². The van der Waals surface area contributed by atoms with Crippen LogP contribution in [0.2, 0.25) is 5.02 Å². The van der Waals surface area contributed by atoms with Crippen molar-refractivity contribution in [3.63, 3.8) is 0 Å². The molecule has 1 fully saturated rings. The summed E-state index contributed by atoms with van der Waals surface area (Å²) in [4.78, 5) is 12.3. The zero-order valence-electron chi connectivity index (χ0n) is 13.5. The molecule has 0 saturated carbocycles. The fraction of sp³-hybridized carbons (Fsp3) is 0.278. The molecule has 0 aromatic heterocycles. The first-order chi connectivity index (χ1) is 11.9. The fourth-order valence-electron chi connectivity index (χ4n) is 2.82. The molecule has 2 aromatic carbocycles. The van der Waals surface area contributed by atoms with E-state index in [1.54, 1.807) is 30.3 Å². The maximum atomic E-state index is 12.3. The van der Waals surface area contributed by atoms with E-state index in [-0.39, 0.29) is 23.5 Å². The molecule has 7 heteroatoms. The van der Waals surface area contributed by atoms with Crippen molar-refractivity contribution in [2.75, 3.05) is 16.8 Å². The SMILES string of the molecule is O=C(Nc1cccc(CNC2CCS(=O)(=O)C2)c1)c1ccccc1Cl.